The molecule has 2 heterocycles. The highest BCUT2D eigenvalue weighted by atomic mass is 16.5. The van der Waals surface area contributed by atoms with Crippen LogP contribution in [0.2, 0.25) is 0 Å². The number of fused-ring (bicyclic) bond motifs is 1. The summed E-state index contributed by atoms with van der Waals surface area (Å²) in [6.07, 6.45) is 0.543. The van der Waals surface area contributed by atoms with Gasteiger partial charge in [-0.15, -0.1) is 0 Å². The van der Waals surface area contributed by atoms with E-state index in [0.717, 1.165) is 23.4 Å². The topological polar surface area (TPSA) is 47.4 Å². The van der Waals surface area contributed by atoms with Crippen molar-refractivity contribution in [3.63, 3.8) is 0 Å². The van der Waals surface area contributed by atoms with E-state index in [2.05, 4.69) is 10.6 Å². The Morgan fingerprint density at radius 2 is 2.20 bits per heavy atom. The van der Waals surface area contributed by atoms with E-state index >= 15 is 0 Å². The van der Waals surface area contributed by atoms with Gasteiger partial charge in [-0.3, -0.25) is 4.79 Å². The largest absolute Gasteiger partial charge is 0.383 e. The molecule has 106 valence electrons. The quantitative estimate of drug-likeness (QED) is 0.849. The number of aromatic nitrogens is 2. The minimum absolute atomic E-state index is 0.178. The summed E-state index contributed by atoms with van der Waals surface area (Å²) in [5.74, 6) is 1.37. The molecule has 5 nitrogen and oxygen atoms in total. The van der Waals surface area contributed by atoms with Crippen LogP contribution >= 0.6 is 0 Å². The Morgan fingerprint density at radius 3 is 2.95 bits per heavy atom. The highest BCUT2D eigenvalue weighted by molar-refractivity contribution is 5.80. The lowest BCUT2D eigenvalue weighted by atomic mass is 10.1. The van der Waals surface area contributed by atoms with Gasteiger partial charge in [-0.05, 0) is 12.1 Å². The molecule has 1 atom stereocenters. The second-order valence-corrected chi connectivity index (χ2v) is 5.25. The maximum absolute atomic E-state index is 12.0. The molecule has 0 aliphatic carbocycles. The standard InChI is InChI=1S/C15H19N3O2/c1-17-13-6-4-3-5-12(13)16-15(17)11-9-14(19)18(10-11)7-8-20-2/h3-6,11H,7-10H2,1-2H3. The average molecular weight is 273 g/mol. The first kappa shape index (κ1) is 13.1. The van der Waals surface area contributed by atoms with Gasteiger partial charge < -0.3 is 14.2 Å². The Morgan fingerprint density at radius 1 is 1.40 bits per heavy atom. The third kappa shape index (κ3) is 2.18. The monoisotopic (exact) mass is 273 g/mol. The molecule has 1 fully saturated rings. The van der Waals surface area contributed by atoms with E-state index in [1.165, 1.54) is 0 Å². The number of imidazole rings is 1. The van der Waals surface area contributed by atoms with E-state index in [-0.39, 0.29) is 11.8 Å². The van der Waals surface area contributed by atoms with Gasteiger partial charge in [-0.1, -0.05) is 12.1 Å². The summed E-state index contributed by atoms with van der Waals surface area (Å²) >= 11 is 0. The lowest BCUT2D eigenvalue weighted by Gasteiger charge is -2.15. The number of amides is 1. The molecule has 0 radical (unpaired) electrons. The summed E-state index contributed by atoms with van der Waals surface area (Å²) in [7, 11) is 3.68. The number of methoxy groups -OCH3 is 1. The number of rotatable bonds is 4. The average Bonchev–Trinajstić information content (AvgIpc) is 2.98. The fraction of sp³-hybridized carbons (Fsp3) is 0.467. The van der Waals surface area contributed by atoms with Crippen molar-refractivity contribution in [3.05, 3.63) is 30.1 Å². The lowest BCUT2D eigenvalue weighted by molar-refractivity contribution is -0.128. The SMILES string of the molecule is COCCN1CC(c2nc3ccccc3n2C)CC1=O. The second-order valence-electron chi connectivity index (χ2n) is 5.25. The first-order chi connectivity index (χ1) is 9.70. The number of hydrogen-bond acceptors (Lipinski definition) is 3. The maximum atomic E-state index is 12.0. The first-order valence-corrected chi connectivity index (χ1v) is 6.88. The highest BCUT2D eigenvalue weighted by Gasteiger charge is 2.33. The van der Waals surface area contributed by atoms with Gasteiger partial charge in [0.1, 0.15) is 5.82 Å². The molecule has 1 aromatic carbocycles. The Kier molecular flexibility index (Phi) is 3.44. The normalized spacial score (nSPS) is 19.2. The number of likely N-dealkylation sites (tertiary alicyclic amines) is 1. The number of carbonyl (C=O) groups excluding carboxylic acids is 1. The van der Waals surface area contributed by atoms with Crippen LogP contribution in [0.25, 0.3) is 11.0 Å². The molecule has 1 aliphatic heterocycles. The van der Waals surface area contributed by atoms with Gasteiger partial charge in [0.2, 0.25) is 5.91 Å². The van der Waals surface area contributed by atoms with E-state index in [4.69, 9.17) is 9.72 Å². The molecule has 0 saturated carbocycles. The van der Waals surface area contributed by atoms with Crippen molar-refractivity contribution in [1.29, 1.82) is 0 Å². The third-order valence-corrected chi connectivity index (χ3v) is 3.97. The fourth-order valence-electron chi connectivity index (χ4n) is 2.89. The summed E-state index contributed by atoms with van der Waals surface area (Å²) < 4.78 is 7.15. The van der Waals surface area contributed by atoms with Gasteiger partial charge in [0.15, 0.2) is 0 Å². The van der Waals surface area contributed by atoms with Crippen molar-refractivity contribution in [2.24, 2.45) is 7.05 Å². The van der Waals surface area contributed by atoms with Crippen LogP contribution in [0.3, 0.4) is 0 Å². The van der Waals surface area contributed by atoms with Crippen molar-refractivity contribution < 1.29 is 9.53 Å². The van der Waals surface area contributed by atoms with Crippen molar-refractivity contribution in [1.82, 2.24) is 14.5 Å². The summed E-state index contributed by atoms with van der Waals surface area (Å²) in [4.78, 5) is 18.6. The van der Waals surface area contributed by atoms with Gasteiger partial charge in [-0.2, -0.15) is 0 Å². The predicted molar refractivity (Wildman–Crippen MR) is 76.5 cm³/mol. The minimum Gasteiger partial charge on any atom is -0.383 e. The molecule has 1 aliphatic rings. The van der Waals surface area contributed by atoms with Crippen molar-refractivity contribution in [2.75, 3.05) is 26.8 Å². The molecule has 1 aromatic heterocycles. The van der Waals surface area contributed by atoms with E-state index in [0.29, 0.717) is 19.6 Å². The number of benzene rings is 1. The summed E-state index contributed by atoms with van der Waals surface area (Å²) in [6.45, 7) is 1.98. The number of nitrogens with zero attached hydrogens (tertiary/aromatic N) is 3. The molecule has 2 aromatic rings. The summed E-state index contributed by atoms with van der Waals surface area (Å²) in [5, 5.41) is 0. The molecule has 3 rings (SSSR count). The molecule has 5 heteroatoms. The van der Waals surface area contributed by atoms with Gasteiger partial charge in [0, 0.05) is 39.6 Å². The van der Waals surface area contributed by atoms with Gasteiger partial charge in [0.25, 0.3) is 0 Å². The second kappa shape index (κ2) is 5.25. The number of para-hydroxylation sites is 2. The van der Waals surface area contributed by atoms with Crippen LogP contribution in [-0.4, -0.2) is 47.2 Å². The van der Waals surface area contributed by atoms with Crippen molar-refractivity contribution in [2.45, 2.75) is 12.3 Å². The number of aryl methyl sites for hydroxylation is 1. The van der Waals surface area contributed by atoms with Crippen molar-refractivity contribution >= 4 is 16.9 Å². The smallest absolute Gasteiger partial charge is 0.223 e. The Hall–Kier alpha value is -1.88. The number of ether oxygens (including phenoxy) is 1. The predicted octanol–water partition coefficient (Wildman–Crippen LogP) is 1.54. The van der Waals surface area contributed by atoms with Crippen LogP contribution < -0.4 is 0 Å². The van der Waals surface area contributed by atoms with Gasteiger partial charge in [-0.25, -0.2) is 4.98 Å². The van der Waals surface area contributed by atoms with E-state index in [1.54, 1.807) is 7.11 Å². The first-order valence-electron chi connectivity index (χ1n) is 6.88. The van der Waals surface area contributed by atoms with Crippen molar-refractivity contribution in [3.8, 4) is 0 Å². The van der Waals surface area contributed by atoms with Crippen LogP contribution in [0.1, 0.15) is 18.2 Å². The minimum atomic E-state index is 0.178. The van der Waals surface area contributed by atoms with Crippen LogP contribution in [0, 0.1) is 0 Å². The molecule has 0 bridgehead atoms. The maximum Gasteiger partial charge on any atom is 0.223 e. The lowest BCUT2D eigenvalue weighted by Crippen LogP contribution is -2.28. The van der Waals surface area contributed by atoms with Gasteiger partial charge in [0.05, 0.1) is 17.6 Å². The molecule has 1 saturated heterocycles. The highest BCUT2D eigenvalue weighted by Crippen LogP contribution is 2.29. The molecular formula is C15H19N3O2. The Balaban J connectivity index is 1.85. The zero-order valence-corrected chi connectivity index (χ0v) is 11.9. The number of carbonyl (C=O) groups is 1. The van der Waals surface area contributed by atoms with Crippen LogP contribution in [0.4, 0.5) is 0 Å². The summed E-state index contributed by atoms with van der Waals surface area (Å²) in [6, 6.07) is 8.08. The molecule has 1 amide bonds. The Labute approximate surface area is 118 Å². The van der Waals surface area contributed by atoms with E-state index in [1.807, 2.05) is 30.1 Å². The van der Waals surface area contributed by atoms with Crippen LogP contribution in [0.15, 0.2) is 24.3 Å². The van der Waals surface area contributed by atoms with E-state index in [9.17, 15) is 4.79 Å². The zero-order chi connectivity index (χ0) is 14.1. The number of hydrogen-bond donors (Lipinski definition) is 0. The molecular weight excluding hydrogens is 254 g/mol. The molecule has 0 spiro atoms. The Bertz CT molecular complexity index is 635. The molecule has 1 unspecified atom stereocenters. The summed E-state index contributed by atoms with van der Waals surface area (Å²) in [5.41, 5.74) is 2.11. The van der Waals surface area contributed by atoms with Gasteiger partial charge >= 0.3 is 0 Å². The zero-order valence-electron chi connectivity index (χ0n) is 11.9. The molecule has 20 heavy (non-hydrogen) atoms. The third-order valence-electron chi connectivity index (χ3n) is 3.97. The molecule has 0 N–H and O–H groups in total. The van der Waals surface area contributed by atoms with Crippen LogP contribution in [-0.2, 0) is 16.6 Å². The van der Waals surface area contributed by atoms with Crippen LogP contribution in [0.5, 0.6) is 0 Å². The fourth-order valence-corrected chi connectivity index (χ4v) is 2.89. The van der Waals surface area contributed by atoms with E-state index < -0.39 is 0 Å².